The van der Waals surface area contributed by atoms with Crippen LogP contribution in [0.25, 0.3) is 6.08 Å². The van der Waals surface area contributed by atoms with Gasteiger partial charge >= 0.3 is 5.97 Å². The first kappa shape index (κ1) is 29.4. The van der Waals surface area contributed by atoms with E-state index in [4.69, 9.17) is 4.74 Å². The zero-order chi connectivity index (χ0) is 28.9. The highest BCUT2D eigenvalue weighted by atomic mass is 32.2. The summed E-state index contributed by atoms with van der Waals surface area (Å²) in [6.07, 6.45) is 5.01. The van der Waals surface area contributed by atoms with E-state index in [1.165, 1.54) is 17.8 Å². The minimum Gasteiger partial charge on any atom is -0.462 e. The molecule has 41 heavy (non-hydrogen) atoms. The maximum Gasteiger partial charge on any atom is 0.338 e. The van der Waals surface area contributed by atoms with Gasteiger partial charge in [0.2, 0.25) is 11.8 Å². The molecule has 1 unspecified atom stereocenters. The molecule has 0 spiro atoms. The molecule has 1 atom stereocenters. The van der Waals surface area contributed by atoms with Gasteiger partial charge in [0.05, 0.1) is 12.2 Å². The highest BCUT2D eigenvalue weighted by Crippen LogP contribution is 2.37. The van der Waals surface area contributed by atoms with E-state index in [1.54, 1.807) is 30.3 Å². The van der Waals surface area contributed by atoms with Crippen molar-refractivity contribution < 1.29 is 19.1 Å². The summed E-state index contributed by atoms with van der Waals surface area (Å²) in [5.74, 6) is -0.831. The number of hydrogen-bond acceptors (Lipinski definition) is 5. The Morgan fingerprint density at radius 2 is 1.51 bits per heavy atom. The zero-order valence-corrected chi connectivity index (χ0v) is 23.6. The maximum atomic E-state index is 13.5. The molecule has 4 aromatic carbocycles. The van der Waals surface area contributed by atoms with Crippen molar-refractivity contribution in [2.75, 3.05) is 17.2 Å². The molecule has 0 heterocycles. The predicted octanol–water partition coefficient (Wildman–Crippen LogP) is 7.77. The van der Waals surface area contributed by atoms with Gasteiger partial charge in [-0.1, -0.05) is 80.1 Å². The smallest absolute Gasteiger partial charge is 0.338 e. The van der Waals surface area contributed by atoms with Crippen molar-refractivity contribution in [1.82, 2.24) is 0 Å². The Hall–Kier alpha value is -4.62. The summed E-state index contributed by atoms with van der Waals surface area (Å²) < 4.78 is 5.26. The minimum absolute atomic E-state index is 0.209. The molecule has 208 valence electrons. The van der Waals surface area contributed by atoms with Crippen LogP contribution in [0.1, 0.15) is 46.5 Å². The lowest BCUT2D eigenvalue weighted by Crippen LogP contribution is -2.19. The van der Waals surface area contributed by atoms with Crippen LogP contribution in [0.4, 0.5) is 11.4 Å². The molecule has 0 aliphatic heterocycles. The molecule has 0 aromatic heterocycles. The van der Waals surface area contributed by atoms with Crippen molar-refractivity contribution in [2.45, 2.75) is 29.9 Å². The molecule has 0 aliphatic carbocycles. The van der Waals surface area contributed by atoms with E-state index in [0.29, 0.717) is 23.5 Å². The Labute approximate surface area is 244 Å². The molecule has 4 aromatic rings. The van der Waals surface area contributed by atoms with Crippen molar-refractivity contribution in [3.63, 3.8) is 0 Å². The van der Waals surface area contributed by atoms with Crippen LogP contribution >= 0.6 is 11.8 Å². The van der Waals surface area contributed by atoms with Crippen molar-refractivity contribution in [3.8, 4) is 0 Å². The molecule has 4 rings (SSSR count). The zero-order valence-electron chi connectivity index (χ0n) is 22.8. The molecule has 6 nitrogen and oxygen atoms in total. The molecular formula is C34H32N2O4S. The predicted molar refractivity (Wildman–Crippen MR) is 166 cm³/mol. The number of anilines is 2. The Balaban J connectivity index is 1.44. The summed E-state index contributed by atoms with van der Waals surface area (Å²) in [5.41, 5.74) is 3.42. The quantitative estimate of drug-likeness (QED) is 0.0795. The Bertz CT molecular complexity index is 1470. The number of hydrogen-bond donors (Lipinski definition) is 2. The Kier molecular flexibility index (Phi) is 10.9. The fourth-order valence-corrected chi connectivity index (χ4v) is 4.98. The van der Waals surface area contributed by atoms with Gasteiger partial charge in [0, 0.05) is 22.3 Å². The fourth-order valence-electron chi connectivity index (χ4n) is 3.89. The average molecular weight is 565 g/mol. The van der Waals surface area contributed by atoms with Crippen LogP contribution in [0.15, 0.2) is 120 Å². The van der Waals surface area contributed by atoms with E-state index >= 15 is 0 Å². The second-order valence-corrected chi connectivity index (χ2v) is 10.4. The summed E-state index contributed by atoms with van der Waals surface area (Å²) in [6.45, 7) is 2.42. The van der Waals surface area contributed by atoms with Gasteiger partial charge in [-0.15, -0.1) is 11.8 Å². The number of benzene rings is 4. The number of carbonyl (C=O) groups is 3. The molecule has 0 aliphatic rings. The van der Waals surface area contributed by atoms with E-state index in [9.17, 15) is 14.4 Å². The van der Waals surface area contributed by atoms with Crippen molar-refractivity contribution >= 4 is 47.0 Å². The minimum atomic E-state index is -0.557. The molecule has 0 saturated heterocycles. The molecular weight excluding hydrogens is 532 g/mol. The van der Waals surface area contributed by atoms with E-state index < -0.39 is 5.25 Å². The largest absolute Gasteiger partial charge is 0.462 e. The van der Waals surface area contributed by atoms with E-state index in [-0.39, 0.29) is 17.8 Å². The lowest BCUT2D eigenvalue weighted by atomic mass is 10.1. The number of ether oxygens (including phenoxy) is 1. The van der Waals surface area contributed by atoms with E-state index in [0.717, 1.165) is 28.9 Å². The third kappa shape index (κ3) is 9.22. The van der Waals surface area contributed by atoms with Crippen LogP contribution in [-0.2, 0) is 14.3 Å². The van der Waals surface area contributed by atoms with E-state index in [2.05, 4.69) is 10.6 Å². The molecule has 0 radical (unpaired) electrons. The number of esters is 1. The highest BCUT2D eigenvalue weighted by molar-refractivity contribution is 8.00. The normalized spacial score (nSPS) is 11.5. The second kappa shape index (κ2) is 15.2. The van der Waals surface area contributed by atoms with Crippen LogP contribution in [0.5, 0.6) is 0 Å². The van der Waals surface area contributed by atoms with Crippen LogP contribution in [-0.4, -0.2) is 24.4 Å². The standard InChI is InChI=1S/C34H32N2O4S/c1-2-3-23-40-34(39)27-18-20-28(21-19-27)36-33(38)32(26-13-8-5-9-14-26)41-30-16-10-15-29(24-30)35-31(37)22-17-25-11-6-4-7-12-25/h4-22,24,32H,2-3,23H2,1H3,(H,35,37)(H,36,38)/b22-17+. The number of rotatable bonds is 12. The van der Waals surface area contributed by atoms with Crippen LogP contribution in [0.3, 0.4) is 0 Å². The lowest BCUT2D eigenvalue weighted by Gasteiger charge is -2.18. The first-order chi connectivity index (χ1) is 20.0. The monoisotopic (exact) mass is 564 g/mol. The number of unbranched alkanes of at least 4 members (excludes halogenated alkanes) is 1. The van der Waals surface area contributed by atoms with Gasteiger partial charge < -0.3 is 15.4 Å². The molecule has 2 N–H and O–H groups in total. The third-order valence-corrected chi connectivity index (χ3v) is 7.29. The molecule has 7 heteroatoms. The van der Waals surface area contributed by atoms with Gasteiger partial charge in [0.25, 0.3) is 0 Å². The number of amides is 2. The van der Waals surface area contributed by atoms with E-state index in [1.807, 2.05) is 91.9 Å². The summed E-state index contributed by atoms with van der Waals surface area (Å²) in [5, 5.41) is 5.30. The van der Waals surface area contributed by atoms with Crippen molar-refractivity contribution in [3.05, 3.63) is 132 Å². The number of nitrogens with one attached hydrogen (secondary N) is 2. The van der Waals surface area contributed by atoms with Gasteiger partial charge in [0.15, 0.2) is 0 Å². The number of carbonyl (C=O) groups excluding carboxylic acids is 3. The summed E-state index contributed by atoms with van der Waals surface area (Å²) in [4.78, 5) is 39.0. The maximum absolute atomic E-state index is 13.5. The van der Waals surface area contributed by atoms with Gasteiger partial charge in [-0.3, -0.25) is 9.59 Å². The van der Waals surface area contributed by atoms with Gasteiger partial charge in [-0.2, -0.15) is 0 Å². The van der Waals surface area contributed by atoms with Gasteiger partial charge in [0.1, 0.15) is 5.25 Å². The molecule has 0 bridgehead atoms. The summed E-state index contributed by atoms with van der Waals surface area (Å²) in [7, 11) is 0. The fraction of sp³-hybridized carbons (Fsp3) is 0.147. The Morgan fingerprint density at radius 3 is 2.22 bits per heavy atom. The average Bonchev–Trinajstić information content (AvgIpc) is 3.00. The van der Waals surface area contributed by atoms with Gasteiger partial charge in [-0.25, -0.2) is 4.79 Å². The lowest BCUT2D eigenvalue weighted by molar-refractivity contribution is -0.116. The van der Waals surface area contributed by atoms with Crippen LogP contribution in [0, 0.1) is 0 Å². The number of thioether (sulfide) groups is 1. The summed E-state index contributed by atoms with van der Waals surface area (Å²) >= 11 is 1.38. The van der Waals surface area contributed by atoms with Crippen molar-refractivity contribution in [2.24, 2.45) is 0 Å². The first-order valence-electron chi connectivity index (χ1n) is 13.5. The van der Waals surface area contributed by atoms with Crippen LogP contribution < -0.4 is 10.6 Å². The third-order valence-electron chi connectivity index (χ3n) is 6.04. The molecule has 0 fully saturated rings. The molecule has 0 saturated carbocycles. The summed E-state index contributed by atoms with van der Waals surface area (Å²) in [6, 6.07) is 33.2. The first-order valence-corrected chi connectivity index (χ1v) is 14.3. The van der Waals surface area contributed by atoms with Crippen LogP contribution in [0.2, 0.25) is 0 Å². The van der Waals surface area contributed by atoms with Crippen molar-refractivity contribution in [1.29, 1.82) is 0 Å². The van der Waals surface area contributed by atoms with Gasteiger partial charge in [-0.05, 0) is 66.1 Å². The molecule has 2 amide bonds. The second-order valence-electron chi connectivity index (χ2n) is 9.23. The topological polar surface area (TPSA) is 84.5 Å². The highest BCUT2D eigenvalue weighted by Gasteiger charge is 2.22. The Morgan fingerprint density at radius 1 is 0.805 bits per heavy atom. The SMILES string of the molecule is CCCCOC(=O)c1ccc(NC(=O)C(Sc2cccc(NC(=O)/C=C/c3ccccc3)c2)c2ccccc2)cc1.